The summed E-state index contributed by atoms with van der Waals surface area (Å²) in [4.78, 5) is 2.29. The molecule has 5 heteroatoms. The van der Waals surface area contributed by atoms with Crippen LogP contribution in [0.2, 0.25) is 0 Å². The van der Waals surface area contributed by atoms with Gasteiger partial charge in [0.05, 0.1) is 0 Å². The number of rotatable bonds is 5. The quantitative estimate of drug-likeness (QED) is 0.170. The maximum absolute atomic E-state index is 6.84. The lowest BCUT2D eigenvalue weighted by molar-refractivity contribution is 0.462. The fourth-order valence-corrected chi connectivity index (χ4v) is 8.10. The van der Waals surface area contributed by atoms with Crippen LogP contribution in [0.15, 0.2) is 186 Å². The van der Waals surface area contributed by atoms with E-state index in [0.29, 0.717) is 0 Å². The number of hydrogen-bond acceptors (Lipinski definition) is 4. The molecule has 0 N–H and O–H groups in total. The monoisotopic (exact) mass is 679 g/mol. The van der Waals surface area contributed by atoms with Crippen molar-refractivity contribution in [2.75, 3.05) is 4.90 Å². The van der Waals surface area contributed by atoms with Gasteiger partial charge < -0.3 is 18.8 Å². The zero-order valence-corrected chi connectivity index (χ0v) is 28.6. The third kappa shape index (κ3) is 4.78. The smallest absolute Gasteiger partial charge is 0.260 e. The Hall–Kier alpha value is -6.98. The van der Waals surface area contributed by atoms with E-state index >= 15 is 0 Å². The second-order valence-corrected chi connectivity index (χ2v) is 13.7. The Kier molecular flexibility index (Phi) is 6.61. The van der Waals surface area contributed by atoms with Crippen LogP contribution in [-0.4, -0.2) is 6.71 Å². The van der Waals surface area contributed by atoms with Gasteiger partial charge in [0.1, 0.15) is 22.8 Å². The van der Waals surface area contributed by atoms with Crippen molar-refractivity contribution in [2.24, 2.45) is 0 Å². The first-order valence-corrected chi connectivity index (χ1v) is 17.9. The van der Waals surface area contributed by atoms with E-state index in [-0.39, 0.29) is 6.71 Å². The summed E-state index contributed by atoms with van der Waals surface area (Å²) in [5.74, 6) is 3.23. The van der Waals surface area contributed by atoms with Crippen molar-refractivity contribution in [2.45, 2.75) is 0 Å². The molecule has 0 saturated carbocycles. The predicted molar refractivity (Wildman–Crippen MR) is 217 cm³/mol. The molecule has 0 atom stereocenters. The highest BCUT2D eigenvalue weighted by atomic mass is 16.5. The topological polar surface area (TPSA) is 34.8 Å². The largest absolute Gasteiger partial charge is 0.458 e. The Balaban J connectivity index is 1.07. The van der Waals surface area contributed by atoms with Crippen molar-refractivity contribution in [1.29, 1.82) is 0 Å². The van der Waals surface area contributed by atoms with Gasteiger partial charge in [0.15, 0.2) is 11.3 Å². The van der Waals surface area contributed by atoms with E-state index in [0.717, 1.165) is 78.4 Å². The van der Waals surface area contributed by atoms with Crippen molar-refractivity contribution in [3.63, 3.8) is 0 Å². The minimum atomic E-state index is -0.0173. The molecule has 3 heterocycles. The SMILES string of the molecule is c1ccc(-c2ccc(N(c3ccc(-c4ccccc4)cc3)c3ccc4c(c3)oc3c5c6c(cc34)Oc3ccccc3B6c3ccccc3O5)cc2)cc1. The number of benzene rings is 8. The molecule has 0 unspecified atom stereocenters. The normalized spacial score (nSPS) is 12.4. The Morgan fingerprint density at radius 2 is 0.906 bits per heavy atom. The van der Waals surface area contributed by atoms with Crippen LogP contribution in [0.4, 0.5) is 17.1 Å². The maximum atomic E-state index is 6.84. The molecule has 1 aromatic heterocycles. The average molecular weight is 680 g/mol. The van der Waals surface area contributed by atoms with E-state index in [2.05, 4.69) is 150 Å². The first-order valence-electron chi connectivity index (χ1n) is 17.9. The first kappa shape index (κ1) is 29.7. The molecule has 2 aliphatic heterocycles. The van der Waals surface area contributed by atoms with Crippen LogP contribution >= 0.6 is 0 Å². The second kappa shape index (κ2) is 11.8. The van der Waals surface area contributed by atoms with Crippen LogP contribution in [0, 0.1) is 0 Å². The van der Waals surface area contributed by atoms with Crippen molar-refractivity contribution >= 4 is 62.1 Å². The second-order valence-electron chi connectivity index (χ2n) is 13.7. The fourth-order valence-electron chi connectivity index (χ4n) is 8.10. The molecule has 11 rings (SSSR count). The van der Waals surface area contributed by atoms with Crippen molar-refractivity contribution in [1.82, 2.24) is 0 Å². The first-order chi connectivity index (χ1) is 26.3. The minimum absolute atomic E-state index is 0.0173. The van der Waals surface area contributed by atoms with E-state index in [1.54, 1.807) is 0 Å². The highest BCUT2D eigenvalue weighted by molar-refractivity contribution is 6.98. The number of furan rings is 1. The summed E-state index contributed by atoms with van der Waals surface area (Å²) in [5, 5.41) is 1.96. The molecule has 0 amide bonds. The fraction of sp³-hybridized carbons (Fsp3) is 0. The summed E-state index contributed by atoms with van der Waals surface area (Å²) in [6.45, 7) is -0.0173. The summed E-state index contributed by atoms with van der Waals surface area (Å²) in [6, 6.07) is 63.7. The van der Waals surface area contributed by atoms with Gasteiger partial charge in [-0.15, -0.1) is 0 Å². The molecular formula is C48H30BNO3. The average Bonchev–Trinajstić information content (AvgIpc) is 3.60. The summed E-state index contributed by atoms with van der Waals surface area (Å²) in [5.41, 5.74) is 12.6. The van der Waals surface area contributed by atoms with E-state index in [4.69, 9.17) is 13.9 Å². The van der Waals surface area contributed by atoms with Gasteiger partial charge in [-0.25, -0.2) is 0 Å². The van der Waals surface area contributed by atoms with Crippen LogP contribution in [0.5, 0.6) is 23.0 Å². The molecule has 4 nitrogen and oxygen atoms in total. The maximum Gasteiger partial charge on any atom is 0.260 e. The number of para-hydroxylation sites is 2. The van der Waals surface area contributed by atoms with Gasteiger partial charge in [-0.3, -0.25) is 0 Å². The van der Waals surface area contributed by atoms with Gasteiger partial charge in [0.25, 0.3) is 6.71 Å². The number of nitrogens with zero attached hydrogens (tertiary/aromatic N) is 1. The number of ether oxygens (including phenoxy) is 2. The molecule has 0 bridgehead atoms. The van der Waals surface area contributed by atoms with Crippen LogP contribution in [0.3, 0.4) is 0 Å². The van der Waals surface area contributed by atoms with Crippen LogP contribution in [0.1, 0.15) is 0 Å². The Labute approximate surface area is 307 Å². The number of fused-ring (bicyclic) bond motifs is 8. The lowest BCUT2D eigenvalue weighted by Gasteiger charge is -2.32. The van der Waals surface area contributed by atoms with Gasteiger partial charge in [0.2, 0.25) is 0 Å². The molecule has 2 aliphatic rings. The van der Waals surface area contributed by atoms with E-state index in [9.17, 15) is 0 Å². The molecular weight excluding hydrogens is 649 g/mol. The molecule has 53 heavy (non-hydrogen) atoms. The lowest BCUT2D eigenvalue weighted by atomic mass is 9.35. The van der Waals surface area contributed by atoms with Crippen molar-refractivity contribution in [3.05, 3.63) is 182 Å². The summed E-state index contributed by atoms with van der Waals surface area (Å²) >= 11 is 0. The zero-order valence-electron chi connectivity index (χ0n) is 28.6. The third-order valence-corrected chi connectivity index (χ3v) is 10.6. The lowest BCUT2D eigenvalue weighted by Crippen LogP contribution is -2.57. The number of anilines is 3. The third-order valence-electron chi connectivity index (χ3n) is 10.6. The summed E-state index contributed by atoms with van der Waals surface area (Å²) < 4.78 is 20.1. The van der Waals surface area contributed by atoms with Crippen LogP contribution in [0.25, 0.3) is 44.2 Å². The van der Waals surface area contributed by atoms with E-state index in [1.165, 1.54) is 22.3 Å². The standard InChI is InChI=1S/C48H30BNO3/c1-3-11-31(12-4-1)33-19-23-35(24-20-33)50(36-25-21-34(22-26-36)32-13-5-2-6-14-32)37-27-28-38-39-30-45-46-48(47(39)53-44(38)29-37)52-43-18-10-8-16-41(43)49(46)40-15-7-9-17-42(40)51-45/h1-30H. The van der Waals surface area contributed by atoms with Crippen LogP contribution in [-0.2, 0) is 0 Å². The van der Waals surface area contributed by atoms with Gasteiger partial charge in [-0.2, -0.15) is 0 Å². The van der Waals surface area contributed by atoms with E-state index < -0.39 is 0 Å². The molecule has 9 aromatic rings. The Morgan fingerprint density at radius 3 is 1.51 bits per heavy atom. The van der Waals surface area contributed by atoms with Gasteiger partial charge in [-0.1, -0.05) is 121 Å². The molecule has 248 valence electrons. The molecule has 8 aromatic carbocycles. The van der Waals surface area contributed by atoms with Gasteiger partial charge in [-0.05, 0) is 87.8 Å². The molecule has 0 spiro atoms. The minimum Gasteiger partial charge on any atom is -0.458 e. The van der Waals surface area contributed by atoms with Crippen molar-refractivity contribution < 1.29 is 13.9 Å². The Morgan fingerprint density at radius 1 is 0.396 bits per heavy atom. The predicted octanol–water partition coefficient (Wildman–Crippen LogP) is 11.1. The van der Waals surface area contributed by atoms with Crippen LogP contribution < -0.4 is 30.8 Å². The highest BCUT2D eigenvalue weighted by Crippen LogP contribution is 2.45. The molecule has 0 fully saturated rings. The van der Waals surface area contributed by atoms with Gasteiger partial charge >= 0.3 is 0 Å². The van der Waals surface area contributed by atoms with Crippen molar-refractivity contribution in [3.8, 4) is 45.3 Å². The molecule has 0 radical (unpaired) electrons. The summed E-state index contributed by atoms with van der Waals surface area (Å²) in [7, 11) is 0. The zero-order chi connectivity index (χ0) is 34.9. The summed E-state index contributed by atoms with van der Waals surface area (Å²) in [6.07, 6.45) is 0. The highest BCUT2D eigenvalue weighted by Gasteiger charge is 2.41. The Bertz CT molecular complexity index is 2740. The molecule has 0 saturated heterocycles. The van der Waals surface area contributed by atoms with Gasteiger partial charge in [0, 0.05) is 39.4 Å². The molecule has 0 aliphatic carbocycles. The number of hydrogen-bond donors (Lipinski definition) is 0. The van der Waals surface area contributed by atoms with E-state index in [1.807, 2.05) is 36.4 Å².